The first-order valence-electron chi connectivity index (χ1n) is 5.82. The standard InChI is InChI=1S/C12H17ClN2O4S/c1-8(6-19-2)15-12(16)7-20(17,18)11-5-9(14)3-4-10(11)13/h3-5,8H,6-7,14H2,1-2H3,(H,15,16). The van der Waals surface area contributed by atoms with E-state index in [0.29, 0.717) is 6.61 Å². The Labute approximate surface area is 123 Å². The quantitative estimate of drug-likeness (QED) is 0.757. The van der Waals surface area contributed by atoms with Gasteiger partial charge in [-0.3, -0.25) is 4.79 Å². The largest absolute Gasteiger partial charge is 0.399 e. The third-order valence-electron chi connectivity index (χ3n) is 2.44. The molecule has 112 valence electrons. The number of nitrogens with one attached hydrogen (secondary N) is 1. The fourth-order valence-corrected chi connectivity index (χ4v) is 3.35. The highest BCUT2D eigenvalue weighted by molar-refractivity contribution is 7.92. The predicted molar refractivity (Wildman–Crippen MR) is 77.4 cm³/mol. The molecule has 6 nitrogen and oxygen atoms in total. The number of benzene rings is 1. The van der Waals surface area contributed by atoms with Crippen LogP contribution in [0.3, 0.4) is 0 Å². The highest BCUT2D eigenvalue weighted by atomic mass is 35.5. The zero-order valence-electron chi connectivity index (χ0n) is 11.2. The maximum Gasteiger partial charge on any atom is 0.235 e. The molecular weight excluding hydrogens is 304 g/mol. The number of methoxy groups -OCH3 is 1. The topological polar surface area (TPSA) is 98.5 Å². The number of carbonyl (C=O) groups is 1. The number of hydrogen-bond donors (Lipinski definition) is 2. The summed E-state index contributed by atoms with van der Waals surface area (Å²) in [6.45, 7) is 2.01. The second kappa shape index (κ2) is 6.92. The van der Waals surface area contributed by atoms with Crippen LogP contribution >= 0.6 is 11.6 Å². The van der Waals surface area contributed by atoms with Gasteiger partial charge in [-0.05, 0) is 25.1 Å². The van der Waals surface area contributed by atoms with Crippen molar-refractivity contribution in [2.45, 2.75) is 17.9 Å². The van der Waals surface area contributed by atoms with E-state index in [9.17, 15) is 13.2 Å². The third-order valence-corrected chi connectivity index (χ3v) is 4.53. The summed E-state index contributed by atoms with van der Waals surface area (Å²) >= 11 is 5.83. The van der Waals surface area contributed by atoms with E-state index in [-0.39, 0.29) is 21.6 Å². The molecule has 1 unspecified atom stereocenters. The fraction of sp³-hybridized carbons (Fsp3) is 0.417. The third kappa shape index (κ3) is 4.66. The Hall–Kier alpha value is -1.31. The minimum Gasteiger partial charge on any atom is -0.399 e. The number of nitrogen functional groups attached to an aromatic ring is 1. The maximum absolute atomic E-state index is 12.1. The summed E-state index contributed by atoms with van der Waals surface area (Å²) in [5.41, 5.74) is 5.80. The molecule has 1 aromatic rings. The van der Waals surface area contributed by atoms with Crippen molar-refractivity contribution in [3.8, 4) is 0 Å². The number of rotatable bonds is 6. The van der Waals surface area contributed by atoms with Gasteiger partial charge >= 0.3 is 0 Å². The Bertz CT molecular complexity index is 589. The van der Waals surface area contributed by atoms with Gasteiger partial charge in [0.2, 0.25) is 5.91 Å². The van der Waals surface area contributed by atoms with E-state index >= 15 is 0 Å². The molecule has 1 atom stereocenters. The molecule has 0 spiro atoms. The molecule has 0 radical (unpaired) electrons. The average molecular weight is 321 g/mol. The molecule has 0 aliphatic carbocycles. The lowest BCUT2D eigenvalue weighted by molar-refractivity contribution is -0.119. The van der Waals surface area contributed by atoms with Gasteiger partial charge in [-0.25, -0.2) is 8.42 Å². The number of hydrogen-bond acceptors (Lipinski definition) is 5. The van der Waals surface area contributed by atoms with Gasteiger partial charge in [0, 0.05) is 18.8 Å². The van der Waals surface area contributed by atoms with Crippen LogP contribution in [-0.2, 0) is 19.4 Å². The van der Waals surface area contributed by atoms with E-state index in [4.69, 9.17) is 22.1 Å². The van der Waals surface area contributed by atoms with Crippen LogP contribution in [0.25, 0.3) is 0 Å². The van der Waals surface area contributed by atoms with Crippen LogP contribution in [-0.4, -0.2) is 39.8 Å². The number of ether oxygens (including phenoxy) is 1. The summed E-state index contributed by atoms with van der Waals surface area (Å²) in [7, 11) is -2.35. The number of amides is 1. The van der Waals surface area contributed by atoms with Gasteiger partial charge in [0.1, 0.15) is 5.75 Å². The molecular formula is C12H17ClN2O4S. The monoisotopic (exact) mass is 320 g/mol. The normalized spacial score (nSPS) is 12.9. The van der Waals surface area contributed by atoms with Gasteiger partial charge in [0.05, 0.1) is 16.5 Å². The molecule has 0 saturated carbocycles. The molecule has 3 N–H and O–H groups in total. The van der Waals surface area contributed by atoms with Crippen molar-refractivity contribution in [1.29, 1.82) is 0 Å². The van der Waals surface area contributed by atoms with E-state index in [1.165, 1.54) is 25.3 Å². The number of halogens is 1. The minimum absolute atomic E-state index is 0.0388. The number of carbonyl (C=O) groups excluding carboxylic acids is 1. The summed E-state index contributed by atoms with van der Waals surface area (Å²) in [4.78, 5) is 11.5. The predicted octanol–water partition coefficient (Wildman–Crippen LogP) is 0.847. The Morgan fingerprint density at radius 3 is 2.75 bits per heavy atom. The van der Waals surface area contributed by atoms with Crippen LogP contribution in [0.2, 0.25) is 5.02 Å². The smallest absolute Gasteiger partial charge is 0.235 e. The van der Waals surface area contributed by atoms with Gasteiger partial charge in [-0.1, -0.05) is 11.6 Å². The Kier molecular flexibility index (Phi) is 5.79. The van der Waals surface area contributed by atoms with Crippen molar-refractivity contribution >= 4 is 33.0 Å². The fourth-order valence-electron chi connectivity index (χ4n) is 1.62. The molecule has 0 heterocycles. The molecule has 1 aromatic carbocycles. The molecule has 0 aliphatic rings. The van der Waals surface area contributed by atoms with E-state index in [0.717, 1.165) is 0 Å². The van der Waals surface area contributed by atoms with E-state index in [1.807, 2.05) is 0 Å². The van der Waals surface area contributed by atoms with Crippen LogP contribution in [0.1, 0.15) is 6.92 Å². The first-order valence-corrected chi connectivity index (χ1v) is 7.85. The van der Waals surface area contributed by atoms with Crippen molar-refractivity contribution in [2.75, 3.05) is 25.2 Å². The minimum atomic E-state index is -3.84. The Morgan fingerprint density at radius 1 is 1.50 bits per heavy atom. The lowest BCUT2D eigenvalue weighted by atomic mass is 10.3. The van der Waals surface area contributed by atoms with Gasteiger partial charge in [-0.2, -0.15) is 0 Å². The summed E-state index contributed by atoms with van der Waals surface area (Å²) in [5.74, 6) is -1.31. The molecule has 0 aromatic heterocycles. The average Bonchev–Trinajstić information content (AvgIpc) is 2.31. The molecule has 0 saturated heterocycles. The lowest BCUT2D eigenvalue weighted by Crippen LogP contribution is -2.39. The van der Waals surface area contributed by atoms with Crippen LogP contribution in [0.15, 0.2) is 23.1 Å². The molecule has 0 aliphatic heterocycles. The summed E-state index contributed by atoms with van der Waals surface area (Å²) in [5, 5.41) is 2.56. The van der Waals surface area contributed by atoms with Crippen molar-refractivity contribution in [1.82, 2.24) is 5.32 Å². The van der Waals surface area contributed by atoms with Crippen LogP contribution in [0.4, 0.5) is 5.69 Å². The van der Waals surface area contributed by atoms with Crippen LogP contribution in [0.5, 0.6) is 0 Å². The van der Waals surface area contributed by atoms with Gasteiger partial charge in [-0.15, -0.1) is 0 Å². The van der Waals surface area contributed by atoms with Crippen molar-refractivity contribution < 1.29 is 17.9 Å². The van der Waals surface area contributed by atoms with Crippen LogP contribution in [0, 0.1) is 0 Å². The maximum atomic E-state index is 12.1. The zero-order valence-corrected chi connectivity index (χ0v) is 12.8. The van der Waals surface area contributed by atoms with Gasteiger partial charge in [0.25, 0.3) is 0 Å². The molecule has 1 amide bonds. The van der Waals surface area contributed by atoms with E-state index in [2.05, 4.69) is 5.32 Å². The molecule has 0 bridgehead atoms. The Balaban J connectivity index is 2.85. The Morgan fingerprint density at radius 2 is 2.15 bits per heavy atom. The van der Waals surface area contributed by atoms with Gasteiger partial charge in [0.15, 0.2) is 9.84 Å². The first kappa shape index (κ1) is 16.7. The second-order valence-corrected chi connectivity index (χ2v) is 6.74. The second-order valence-electron chi connectivity index (χ2n) is 4.37. The highest BCUT2D eigenvalue weighted by Gasteiger charge is 2.23. The van der Waals surface area contributed by atoms with E-state index < -0.39 is 21.5 Å². The molecule has 0 fully saturated rings. The van der Waals surface area contributed by atoms with Gasteiger partial charge < -0.3 is 15.8 Å². The summed E-state index contributed by atoms with van der Waals surface area (Å²) < 4.78 is 29.1. The molecule has 1 rings (SSSR count). The number of sulfone groups is 1. The van der Waals surface area contributed by atoms with Crippen molar-refractivity contribution in [2.24, 2.45) is 0 Å². The summed E-state index contributed by atoms with van der Waals surface area (Å²) in [6.07, 6.45) is 0. The summed E-state index contributed by atoms with van der Waals surface area (Å²) in [6, 6.07) is 3.83. The SMILES string of the molecule is COCC(C)NC(=O)CS(=O)(=O)c1cc(N)ccc1Cl. The molecule has 8 heteroatoms. The van der Waals surface area contributed by atoms with E-state index in [1.54, 1.807) is 6.92 Å². The number of nitrogens with two attached hydrogens (primary N) is 1. The van der Waals surface area contributed by atoms with Crippen molar-refractivity contribution in [3.63, 3.8) is 0 Å². The zero-order chi connectivity index (χ0) is 15.3. The van der Waals surface area contributed by atoms with Crippen molar-refractivity contribution in [3.05, 3.63) is 23.2 Å². The highest BCUT2D eigenvalue weighted by Crippen LogP contribution is 2.24. The first-order chi connectivity index (χ1) is 9.26. The van der Waals surface area contributed by atoms with Crippen LogP contribution < -0.4 is 11.1 Å². The lowest BCUT2D eigenvalue weighted by Gasteiger charge is -2.13. The molecule has 20 heavy (non-hydrogen) atoms. The number of anilines is 1.